The second-order valence-corrected chi connectivity index (χ2v) is 6.43. The Balaban J connectivity index is 2.45. The topological polar surface area (TPSA) is 64.1 Å². The highest BCUT2D eigenvalue weighted by Gasteiger charge is 2.06. The maximum atomic E-state index is 5.92. The zero-order chi connectivity index (χ0) is 19.2. The number of hydrogen-bond donors (Lipinski definition) is 2. The van der Waals surface area contributed by atoms with Gasteiger partial charge in [0.25, 0.3) is 0 Å². The quantitative estimate of drug-likeness (QED) is 0.339. The summed E-state index contributed by atoms with van der Waals surface area (Å²) in [5.41, 5.74) is 2.29. The molecule has 6 nitrogen and oxygen atoms in total. The van der Waals surface area contributed by atoms with Crippen molar-refractivity contribution in [2.24, 2.45) is 4.99 Å². The molecule has 1 aromatic carbocycles. The van der Waals surface area contributed by atoms with Gasteiger partial charge in [0.05, 0.1) is 12.7 Å². The van der Waals surface area contributed by atoms with Crippen LogP contribution in [-0.2, 0) is 16.0 Å². The number of ether oxygens (including phenoxy) is 3. The van der Waals surface area contributed by atoms with Gasteiger partial charge in [-0.15, -0.1) is 0 Å². The molecule has 0 aromatic heterocycles. The molecule has 0 saturated carbocycles. The molecule has 1 rings (SSSR count). The van der Waals surface area contributed by atoms with Crippen LogP contribution in [0.5, 0.6) is 5.75 Å². The molecule has 0 aliphatic heterocycles. The first kappa shape index (κ1) is 22.3. The summed E-state index contributed by atoms with van der Waals surface area (Å²) in [7, 11) is 3.48. The van der Waals surface area contributed by atoms with Gasteiger partial charge in [0.2, 0.25) is 0 Å². The average molecular weight is 366 g/mol. The van der Waals surface area contributed by atoms with Gasteiger partial charge < -0.3 is 24.8 Å². The number of nitrogens with zero attached hydrogens (tertiary/aromatic N) is 1. The van der Waals surface area contributed by atoms with Crippen LogP contribution in [0.4, 0.5) is 0 Å². The summed E-state index contributed by atoms with van der Waals surface area (Å²) < 4.78 is 16.5. The van der Waals surface area contributed by atoms with Crippen molar-refractivity contribution in [1.82, 2.24) is 10.6 Å². The Bertz CT molecular complexity index is 533. The Morgan fingerprint density at radius 1 is 1.12 bits per heavy atom. The van der Waals surface area contributed by atoms with Gasteiger partial charge in [-0.1, -0.05) is 12.1 Å². The Kier molecular flexibility index (Phi) is 11.5. The summed E-state index contributed by atoms with van der Waals surface area (Å²) in [6.07, 6.45) is 2.09. The van der Waals surface area contributed by atoms with Crippen LogP contribution in [0.25, 0.3) is 0 Å². The third kappa shape index (κ3) is 9.63. The van der Waals surface area contributed by atoms with E-state index in [1.807, 2.05) is 13.8 Å². The Hall–Kier alpha value is -1.79. The number of hydrogen-bond acceptors (Lipinski definition) is 4. The third-order valence-electron chi connectivity index (χ3n) is 3.71. The highest BCUT2D eigenvalue weighted by Crippen LogP contribution is 2.20. The van der Waals surface area contributed by atoms with Crippen LogP contribution in [0.1, 0.15) is 37.8 Å². The minimum Gasteiger partial charge on any atom is -0.493 e. The predicted molar refractivity (Wildman–Crippen MR) is 107 cm³/mol. The van der Waals surface area contributed by atoms with E-state index in [4.69, 9.17) is 14.2 Å². The summed E-state index contributed by atoms with van der Waals surface area (Å²) in [4.78, 5) is 4.27. The van der Waals surface area contributed by atoms with Crippen molar-refractivity contribution in [1.29, 1.82) is 0 Å². The summed E-state index contributed by atoms with van der Waals surface area (Å²) in [5.74, 6) is 1.69. The first-order valence-electron chi connectivity index (χ1n) is 9.34. The molecule has 148 valence electrons. The highest BCUT2D eigenvalue weighted by molar-refractivity contribution is 5.79. The predicted octanol–water partition coefficient (Wildman–Crippen LogP) is 2.89. The van der Waals surface area contributed by atoms with E-state index in [-0.39, 0.29) is 6.10 Å². The van der Waals surface area contributed by atoms with Crippen molar-refractivity contribution in [3.05, 3.63) is 29.3 Å². The average Bonchev–Trinajstić information content (AvgIpc) is 2.62. The van der Waals surface area contributed by atoms with Crippen LogP contribution in [0.2, 0.25) is 0 Å². The van der Waals surface area contributed by atoms with Crippen molar-refractivity contribution < 1.29 is 14.2 Å². The van der Waals surface area contributed by atoms with Crippen LogP contribution in [-0.4, -0.2) is 52.6 Å². The highest BCUT2D eigenvalue weighted by atomic mass is 16.5. The normalized spacial score (nSPS) is 11.7. The van der Waals surface area contributed by atoms with Crippen molar-refractivity contribution in [3.8, 4) is 5.75 Å². The molecule has 0 atom stereocenters. The third-order valence-corrected chi connectivity index (χ3v) is 3.71. The van der Waals surface area contributed by atoms with E-state index < -0.39 is 0 Å². The molecule has 2 N–H and O–H groups in total. The fourth-order valence-corrected chi connectivity index (χ4v) is 2.33. The maximum Gasteiger partial charge on any atom is 0.191 e. The smallest absolute Gasteiger partial charge is 0.191 e. The molecule has 0 aliphatic carbocycles. The molecule has 0 fully saturated rings. The minimum atomic E-state index is 0.274. The number of aryl methyl sites for hydroxylation is 1. The maximum absolute atomic E-state index is 5.92. The first-order valence-corrected chi connectivity index (χ1v) is 9.34. The van der Waals surface area contributed by atoms with Gasteiger partial charge in [-0.3, -0.25) is 4.99 Å². The number of nitrogens with one attached hydrogen (secondary N) is 2. The van der Waals surface area contributed by atoms with Gasteiger partial charge in [-0.25, -0.2) is 0 Å². The number of aliphatic imine (C=N–C) groups is 1. The van der Waals surface area contributed by atoms with E-state index in [0.29, 0.717) is 19.8 Å². The van der Waals surface area contributed by atoms with E-state index in [9.17, 15) is 0 Å². The lowest BCUT2D eigenvalue weighted by molar-refractivity contribution is 0.0776. The van der Waals surface area contributed by atoms with Gasteiger partial charge in [-0.2, -0.15) is 0 Å². The van der Waals surface area contributed by atoms with E-state index in [0.717, 1.165) is 43.3 Å². The van der Waals surface area contributed by atoms with Crippen LogP contribution in [0, 0.1) is 6.92 Å². The van der Waals surface area contributed by atoms with Gasteiger partial charge in [0.1, 0.15) is 5.75 Å². The molecule has 0 aliphatic rings. The number of benzene rings is 1. The largest absolute Gasteiger partial charge is 0.493 e. The Morgan fingerprint density at radius 2 is 1.92 bits per heavy atom. The molecular weight excluding hydrogens is 330 g/mol. The molecular formula is C20H35N3O3. The van der Waals surface area contributed by atoms with Gasteiger partial charge in [0, 0.05) is 52.4 Å². The fourth-order valence-electron chi connectivity index (χ4n) is 2.33. The lowest BCUT2D eigenvalue weighted by atomic mass is 10.1. The van der Waals surface area contributed by atoms with Crippen LogP contribution in [0.3, 0.4) is 0 Å². The second-order valence-electron chi connectivity index (χ2n) is 6.43. The van der Waals surface area contributed by atoms with E-state index in [1.54, 1.807) is 14.2 Å². The van der Waals surface area contributed by atoms with Crippen molar-refractivity contribution in [3.63, 3.8) is 0 Å². The van der Waals surface area contributed by atoms with Gasteiger partial charge in [-0.05, 0) is 38.8 Å². The van der Waals surface area contributed by atoms with Crippen molar-refractivity contribution in [2.45, 2.75) is 46.3 Å². The van der Waals surface area contributed by atoms with E-state index in [1.165, 1.54) is 5.56 Å². The zero-order valence-electron chi connectivity index (χ0n) is 16.9. The van der Waals surface area contributed by atoms with Crippen molar-refractivity contribution in [2.75, 3.05) is 40.5 Å². The summed E-state index contributed by atoms with van der Waals surface area (Å²) in [6, 6.07) is 6.26. The number of methoxy groups -OCH3 is 1. The molecule has 26 heavy (non-hydrogen) atoms. The standard InChI is InChI=1S/C20H35N3O3/c1-16(2)25-12-6-10-22-20(21-4)23-15-18-9-8-17(3)14-19(18)26-13-7-11-24-5/h8-9,14,16H,6-7,10-13,15H2,1-5H3,(H2,21,22,23). The number of guanidine groups is 1. The molecule has 0 saturated heterocycles. The number of rotatable bonds is 12. The molecule has 0 amide bonds. The molecule has 0 bridgehead atoms. The second kappa shape index (κ2) is 13.4. The fraction of sp³-hybridized carbons (Fsp3) is 0.650. The molecule has 6 heteroatoms. The molecule has 0 unspecified atom stereocenters. The van der Waals surface area contributed by atoms with Crippen LogP contribution < -0.4 is 15.4 Å². The molecule has 1 aromatic rings. The lowest BCUT2D eigenvalue weighted by Crippen LogP contribution is -2.37. The van der Waals surface area contributed by atoms with E-state index in [2.05, 4.69) is 40.7 Å². The van der Waals surface area contributed by atoms with Crippen LogP contribution in [0.15, 0.2) is 23.2 Å². The monoisotopic (exact) mass is 365 g/mol. The van der Waals surface area contributed by atoms with E-state index >= 15 is 0 Å². The summed E-state index contributed by atoms with van der Waals surface area (Å²) in [6.45, 7) is 9.74. The Morgan fingerprint density at radius 3 is 2.62 bits per heavy atom. The van der Waals surface area contributed by atoms with Crippen molar-refractivity contribution >= 4 is 5.96 Å². The SMILES string of the molecule is CN=C(NCCCOC(C)C)NCc1ccc(C)cc1OCCCOC. The molecule has 0 heterocycles. The minimum absolute atomic E-state index is 0.274. The van der Waals surface area contributed by atoms with Crippen LogP contribution >= 0.6 is 0 Å². The molecule has 0 spiro atoms. The summed E-state index contributed by atoms with van der Waals surface area (Å²) >= 11 is 0. The van der Waals surface area contributed by atoms with Gasteiger partial charge in [0.15, 0.2) is 5.96 Å². The summed E-state index contributed by atoms with van der Waals surface area (Å²) in [5, 5.41) is 6.65. The zero-order valence-corrected chi connectivity index (χ0v) is 16.9. The molecule has 0 radical (unpaired) electrons. The Labute approximate surface area is 158 Å². The lowest BCUT2D eigenvalue weighted by Gasteiger charge is -2.16. The van der Waals surface area contributed by atoms with Gasteiger partial charge >= 0.3 is 0 Å². The first-order chi connectivity index (χ1) is 12.6.